The second kappa shape index (κ2) is 16.6. The Morgan fingerprint density at radius 1 is 0.556 bits per heavy atom. The maximum atomic E-state index is 8.25. The molecule has 0 spiro atoms. The zero-order valence-corrected chi connectivity index (χ0v) is 10.4. The minimum Gasteiger partial charge on any atom is -0.371 e. The highest BCUT2D eigenvalue weighted by Crippen LogP contribution is 1.85. The Bertz CT molecular complexity index is 130. The summed E-state index contributed by atoms with van der Waals surface area (Å²) in [6.07, 6.45) is 0. The van der Waals surface area contributed by atoms with Gasteiger partial charge in [-0.2, -0.15) is 0 Å². The SMILES string of the molecule is COCOCOCOCOCOCOCOCO. The van der Waals surface area contributed by atoms with Gasteiger partial charge in [0.1, 0.15) is 13.6 Å². The maximum absolute atomic E-state index is 8.25. The zero-order valence-electron chi connectivity index (χ0n) is 10.4. The molecular weight excluding hydrogens is 252 g/mol. The molecule has 0 aromatic carbocycles. The van der Waals surface area contributed by atoms with E-state index >= 15 is 0 Å². The summed E-state index contributed by atoms with van der Waals surface area (Å²) in [4.78, 5) is 0. The van der Waals surface area contributed by atoms with E-state index in [0.29, 0.717) is 0 Å². The van der Waals surface area contributed by atoms with Crippen LogP contribution in [0.5, 0.6) is 0 Å². The molecule has 0 unspecified atom stereocenters. The number of methoxy groups -OCH3 is 1. The summed E-state index contributed by atoms with van der Waals surface area (Å²) in [6, 6.07) is 0. The van der Waals surface area contributed by atoms with E-state index in [4.69, 9.17) is 33.5 Å². The number of rotatable bonds is 15. The molecule has 110 valence electrons. The van der Waals surface area contributed by atoms with Crippen molar-refractivity contribution in [2.45, 2.75) is 0 Å². The van der Waals surface area contributed by atoms with Crippen molar-refractivity contribution >= 4 is 0 Å². The zero-order chi connectivity index (χ0) is 13.3. The molecule has 0 amide bonds. The third kappa shape index (κ3) is 15.6. The molecule has 9 heteroatoms. The first-order valence-electron chi connectivity index (χ1n) is 5.05. The molecule has 0 atom stereocenters. The Morgan fingerprint density at radius 3 is 1.22 bits per heavy atom. The Labute approximate surface area is 105 Å². The molecule has 0 bridgehead atoms. The van der Waals surface area contributed by atoms with Gasteiger partial charge in [-0.25, -0.2) is 0 Å². The molecule has 1 N–H and O–H groups in total. The highest BCUT2D eigenvalue weighted by Gasteiger charge is 1.91. The van der Waals surface area contributed by atoms with E-state index < -0.39 is 6.79 Å². The third-order valence-electron chi connectivity index (χ3n) is 1.29. The highest BCUT2D eigenvalue weighted by molar-refractivity contribution is 4.07. The molecule has 0 rings (SSSR count). The van der Waals surface area contributed by atoms with Crippen LogP contribution in [-0.2, 0) is 37.9 Å². The van der Waals surface area contributed by atoms with Gasteiger partial charge in [-0.05, 0) is 0 Å². The molecule has 0 saturated carbocycles. The third-order valence-corrected chi connectivity index (χ3v) is 1.29. The summed E-state index contributed by atoms with van der Waals surface area (Å²) in [6.45, 7) is -0.0866. The first-order valence-corrected chi connectivity index (χ1v) is 5.05. The molecule has 0 aromatic heterocycles. The van der Waals surface area contributed by atoms with E-state index in [2.05, 4.69) is 9.47 Å². The lowest BCUT2D eigenvalue weighted by Gasteiger charge is -2.08. The van der Waals surface area contributed by atoms with Crippen LogP contribution in [0.2, 0.25) is 0 Å². The molecule has 9 nitrogen and oxygen atoms in total. The van der Waals surface area contributed by atoms with Crippen molar-refractivity contribution in [2.75, 3.05) is 61.5 Å². The summed E-state index contributed by atoms with van der Waals surface area (Å²) < 4.78 is 38.3. The minimum atomic E-state index is -0.390. The van der Waals surface area contributed by atoms with E-state index in [9.17, 15) is 0 Å². The average Bonchev–Trinajstić information content (AvgIpc) is 2.39. The Kier molecular flexibility index (Phi) is 16.3. The Hall–Kier alpha value is -0.360. The second-order valence-electron chi connectivity index (χ2n) is 2.67. The number of aliphatic hydroxyl groups is 1. The fourth-order valence-electron chi connectivity index (χ4n) is 0.678. The normalized spacial score (nSPS) is 11.0. The summed E-state index contributed by atoms with van der Waals surface area (Å²) in [5.74, 6) is 0. The van der Waals surface area contributed by atoms with Gasteiger partial charge in [0, 0.05) is 7.11 Å². The van der Waals surface area contributed by atoms with E-state index in [1.165, 1.54) is 7.11 Å². The van der Waals surface area contributed by atoms with Crippen LogP contribution in [0.25, 0.3) is 0 Å². The van der Waals surface area contributed by atoms with Crippen molar-refractivity contribution in [2.24, 2.45) is 0 Å². The lowest BCUT2D eigenvalue weighted by molar-refractivity contribution is -0.223. The number of ether oxygens (including phenoxy) is 8. The molecule has 0 aliphatic heterocycles. The van der Waals surface area contributed by atoms with Gasteiger partial charge in [-0.15, -0.1) is 0 Å². The topological polar surface area (TPSA) is 94.1 Å². The summed E-state index contributed by atoms with van der Waals surface area (Å²) in [5, 5.41) is 8.25. The van der Waals surface area contributed by atoms with Crippen LogP contribution in [-0.4, -0.2) is 66.6 Å². The van der Waals surface area contributed by atoms with Crippen LogP contribution in [0.3, 0.4) is 0 Å². The van der Waals surface area contributed by atoms with Gasteiger partial charge in [-0.1, -0.05) is 0 Å². The van der Waals surface area contributed by atoms with Crippen molar-refractivity contribution in [3.05, 3.63) is 0 Å². The van der Waals surface area contributed by atoms with Crippen molar-refractivity contribution in [1.29, 1.82) is 0 Å². The fraction of sp³-hybridized carbons (Fsp3) is 1.00. The number of aliphatic hydroxyl groups excluding tert-OH is 1. The monoisotopic (exact) mass is 272 g/mol. The molecule has 0 aliphatic carbocycles. The molecule has 18 heavy (non-hydrogen) atoms. The summed E-state index contributed by atoms with van der Waals surface area (Å²) >= 11 is 0. The van der Waals surface area contributed by atoms with Gasteiger partial charge in [0.2, 0.25) is 0 Å². The maximum Gasteiger partial charge on any atom is 0.152 e. The van der Waals surface area contributed by atoms with E-state index in [-0.39, 0.29) is 47.6 Å². The number of hydrogen-bond acceptors (Lipinski definition) is 9. The van der Waals surface area contributed by atoms with Crippen LogP contribution in [0.1, 0.15) is 0 Å². The van der Waals surface area contributed by atoms with Gasteiger partial charge >= 0.3 is 0 Å². The average molecular weight is 272 g/mol. The highest BCUT2D eigenvalue weighted by atomic mass is 16.8. The molecule has 0 saturated heterocycles. The smallest absolute Gasteiger partial charge is 0.152 e. The molecule has 0 aliphatic rings. The van der Waals surface area contributed by atoms with Gasteiger partial charge in [-0.3, -0.25) is 0 Å². The molecule has 0 aromatic rings. The second-order valence-corrected chi connectivity index (χ2v) is 2.67. The van der Waals surface area contributed by atoms with Crippen molar-refractivity contribution in [3.8, 4) is 0 Å². The minimum absolute atomic E-state index is 0.00135. The molecule has 0 fully saturated rings. The van der Waals surface area contributed by atoms with Crippen LogP contribution in [0.4, 0.5) is 0 Å². The Balaban J connectivity index is 2.86. The van der Waals surface area contributed by atoms with Crippen LogP contribution in [0, 0.1) is 0 Å². The van der Waals surface area contributed by atoms with Crippen LogP contribution in [0.15, 0.2) is 0 Å². The van der Waals surface area contributed by atoms with E-state index in [1.807, 2.05) is 0 Å². The summed E-state index contributed by atoms with van der Waals surface area (Å²) in [5.41, 5.74) is 0. The molecule has 0 heterocycles. The summed E-state index contributed by atoms with van der Waals surface area (Å²) in [7, 11) is 1.52. The van der Waals surface area contributed by atoms with Gasteiger partial charge < -0.3 is 43.0 Å². The van der Waals surface area contributed by atoms with Crippen LogP contribution >= 0.6 is 0 Å². The Morgan fingerprint density at radius 2 is 0.889 bits per heavy atom. The van der Waals surface area contributed by atoms with Crippen molar-refractivity contribution < 1.29 is 43.0 Å². The van der Waals surface area contributed by atoms with E-state index in [0.717, 1.165) is 0 Å². The quantitative estimate of drug-likeness (QED) is 0.310. The van der Waals surface area contributed by atoms with Crippen LogP contribution < -0.4 is 0 Å². The molecule has 0 radical (unpaired) electrons. The largest absolute Gasteiger partial charge is 0.371 e. The van der Waals surface area contributed by atoms with Crippen molar-refractivity contribution in [3.63, 3.8) is 0 Å². The predicted molar refractivity (Wildman–Crippen MR) is 55.8 cm³/mol. The number of hydrogen-bond donors (Lipinski definition) is 1. The van der Waals surface area contributed by atoms with Gasteiger partial charge in [0.25, 0.3) is 0 Å². The van der Waals surface area contributed by atoms with Crippen molar-refractivity contribution in [1.82, 2.24) is 0 Å². The predicted octanol–water partition coefficient (Wildman–Crippen LogP) is -0.599. The van der Waals surface area contributed by atoms with E-state index in [1.54, 1.807) is 0 Å². The lowest BCUT2D eigenvalue weighted by atomic mass is 11.2. The van der Waals surface area contributed by atoms with Gasteiger partial charge in [0.05, 0.1) is 0 Å². The fourth-order valence-corrected chi connectivity index (χ4v) is 0.678. The lowest BCUT2D eigenvalue weighted by Crippen LogP contribution is -2.11. The molecular formula is C9H20O9. The standard InChI is InChI=1S/C9H20O9/c1-11-3-13-5-15-7-17-9-18-8-16-6-14-4-12-2-10/h10H,2-9H2,1H3. The first kappa shape index (κ1) is 17.6. The first-order chi connectivity index (χ1) is 8.91. The van der Waals surface area contributed by atoms with Gasteiger partial charge in [0.15, 0.2) is 40.8 Å².